The van der Waals surface area contributed by atoms with Crippen molar-refractivity contribution in [2.45, 2.75) is 43.4 Å². The number of amides is 1. The zero-order valence-corrected chi connectivity index (χ0v) is 23.0. The van der Waals surface area contributed by atoms with E-state index >= 15 is 0 Å². The minimum atomic E-state index is -4.29. The van der Waals surface area contributed by atoms with Gasteiger partial charge in [-0.05, 0) is 42.6 Å². The Hall–Kier alpha value is -2.64. The van der Waals surface area contributed by atoms with Crippen LogP contribution in [0.1, 0.15) is 45.7 Å². The van der Waals surface area contributed by atoms with Crippen molar-refractivity contribution in [3.63, 3.8) is 0 Å². The minimum Gasteiger partial charge on any atom is -0.340 e. The molecule has 2 heterocycles. The lowest BCUT2D eigenvalue weighted by Gasteiger charge is -2.29. The first-order chi connectivity index (χ1) is 17.8. The second-order valence-electron chi connectivity index (χ2n) is 8.94. The SMILES string of the molecule is Cl.NCc1ccc(C(NC(=O)[C@H](NS(N)(=O)=O)C(c2ccccc2)c2ccccc2)C(=O)[C@@H]2CCCN2)s1. The Labute approximate surface area is 233 Å². The molecule has 3 aromatic rings. The van der Waals surface area contributed by atoms with E-state index in [2.05, 4.69) is 15.4 Å². The highest BCUT2D eigenvalue weighted by atomic mass is 35.5. The number of carbonyl (C=O) groups is 2. The van der Waals surface area contributed by atoms with Crippen LogP contribution < -0.4 is 26.2 Å². The van der Waals surface area contributed by atoms with Crippen LogP contribution in [0.4, 0.5) is 0 Å². The predicted molar refractivity (Wildman–Crippen MR) is 151 cm³/mol. The van der Waals surface area contributed by atoms with Crippen LogP contribution >= 0.6 is 23.7 Å². The smallest absolute Gasteiger partial charge is 0.275 e. The number of ketones is 1. The molecule has 12 heteroatoms. The van der Waals surface area contributed by atoms with Gasteiger partial charge in [-0.15, -0.1) is 23.7 Å². The lowest BCUT2D eigenvalue weighted by Crippen LogP contribution is -2.54. The maximum absolute atomic E-state index is 13.9. The van der Waals surface area contributed by atoms with Gasteiger partial charge in [-0.2, -0.15) is 13.1 Å². The molecule has 0 radical (unpaired) electrons. The molecule has 1 unspecified atom stereocenters. The normalized spacial score (nSPS) is 17.0. The number of Topliss-reactive ketones (excluding diaryl/α,β-unsaturated/α-hetero) is 1. The fraction of sp³-hybridized carbons (Fsp3) is 0.308. The van der Waals surface area contributed by atoms with Crippen LogP contribution in [0.2, 0.25) is 0 Å². The Balaban J connectivity index is 0.00000400. The number of halogens is 1. The lowest BCUT2D eigenvalue weighted by molar-refractivity contribution is -0.129. The molecule has 0 bridgehead atoms. The number of nitrogens with one attached hydrogen (secondary N) is 3. The van der Waals surface area contributed by atoms with E-state index in [1.54, 1.807) is 6.07 Å². The fourth-order valence-corrected chi connectivity index (χ4v) is 6.20. The maximum Gasteiger partial charge on any atom is 0.275 e. The number of benzene rings is 2. The Morgan fingerprint density at radius 1 is 1.00 bits per heavy atom. The molecule has 4 rings (SSSR count). The lowest BCUT2D eigenvalue weighted by atomic mass is 9.85. The Morgan fingerprint density at radius 2 is 1.61 bits per heavy atom. The van der Waals surface area contributed by atoms with Crippen molar-refractivity contribution in [3.05, 3.63) is 93.7 Å². The van der Waals surface area contributed by atoms with Crippen molar-refractivity contribution in [2.75, 3.05) is 6.54 Å². The maximum atomic E-state index is 13.9. The summed E-state index contributed by atoms with van der Waals surface area (Å²) < 4.78 is 26.8. The standard InChI is InChI=1S/C26H31N5O4S2.ClH/c27-16-19-13-14-21(36-19)23(25(32)20-12-7-15-29-20)30-26(33)24(31-37(28,34)35)22(17-8-3-1-4-9-17)18-10-5-2-6-11-18;/h1-6,8-11,13-14,20,22-24,29,31H,7,12,15-16,27H2,(H,30,33)(H2,28,34,35);1H/t20-,23?,24+;/m0./s1. The molecule has 1 aromatic heterocycles. The third kappa shape index (κ3) is 7.48. The molecule has 1 aliphatic rings. The predicted octanol–water partition coefficient (Wildman–Crippen LogP) is 2.10. The minimum absolute atomic E-state index is 0. The first kappa shape index (κ1) is 29.9. The highest BCUT2D eigenvalue weighted by Crippen LogP contribution is 2.31. The fourth-order valence-electron chi connectivity index (χ4n) is 4.65. The second-order valence-corrected chi connectivity index (χ2v) is 11.5. The summed E-state index contributed by atoms with van der Waals surface area (Å²) in [5.41, 5.74) is 7.21. The van der Waals surface area contributed by atoms with Gasteiger partial charge in [0.2, 0.25) is 5.91 Å². The molecule has 38 heavy (non-hydrogen) atoms. The molecule has 0 spiro atoms. The van der Waals surface area contributed by atoms with Crippen molar-refractivity contribution in [3.8, 4) is 0 Å². The van der Waals surface area contributed by atoms with Gasteiger partial charge in [-0.1, -0.05) is 60.7 Å². The average Bonchev–Trinajstić information content (AvgIpc) is 3.60. The highest BCUT2D eigenvalue weighted by molar-refractivity contribution is 7.87. The first-order valence-corrected chi connectivity index (χ1v) is 14.4. The molecular weight excluding hydrogens is 546 g/mol. The van der Waals surface area contributed by atoms with Gasteiger partial charge < -0.3 is 16.4 Å². The van der Waals surface area contributed by atoms with Gasteiger partial charge in [0, 0.05) is 22.2 Å². The third-order valence-electron chi connectivity index (χ3n) is 6.37. The molecule has 3 atom stereocenters. The van der Waals surface area contributed by atoms with Gasteiger partial charge in [0.05, 0.1) is 6.04 Å². The molecule has 204 valence electrons. The molecule has 1 aliphatic heterocycles. The Kier molecular flexibility index (Phi) is 10.6. The van der Waals surface area contributed by atoms with Crippen molar-refractivity contribution < 1.29 is 18.0 Å². The van der Waals surface area contributed by atoms with Gasteiger partial charge in [0.25, 0.3) is 10.2 Å². The molecule has 0 aliphatic carbocycles. The molecular formula is C26H32ClN5O4S2. The van der Waals surface area contributed by atoms with Crippen LogP contribution in [0, 0.1) is 0 Å². The summed E-state index contributed by atoms with van der Waals surface area (Å²) in [6, 6.07) is 19.1. The van der Waals surface area contributed by atoms with Crippen molar-refractivity contribution in [1.29, 1.82) is 0 Å². The van der Waals surface area contributed by atoms with E-state index in [1.807, 2.05) is 66.7 Å². The molecule has 1 fully saturated rings. The monoisotopic (exact) mass is 577 g/mol. The zero-order valence-electron chi connectivity index (χ0n) is 20.6. The van der Waals surface area contributed by atoms with Gasteiger partial charge in [0.1, 0.15) is 12.1 Å². The molecule has 0 saturated carbocycles. The van der Waals surface area contributed by atoms with Crippen molar-refractivity contribution in [2.24, 2.45) is 10.9 Å². The summed E-state index contributed by atoms with van der Waals surface area (Å²) in [5, 5.41) is 11.4. The highest BCUT2D eigenvalue weighted by Gasteiger charge is 2.38. The molecule has 1 amide bonds. The van der Waals surface area contributed by atoms with Gasteiger partial charge >= 0.3 is 0 Å². The van der Waals surface area contributed by atoms with Crippen molar-refractivity contribution in [1.82, 2.24) is 15.4 Å². The summed E-state index contributed by atoms with van der Waals surface area (Å²) in [5.74, 6) is -1.55. The Morgan fingerprint density at radius 3 is 2.08 bits per heavy atom. The summed E-state index contributed by atoms with van der Waals surface area (Å²) in [6.07, 6.45) is 1.52. The number of hydrogen-bond acceptors (Lipinski definition) is 7. The van der Waals surface area contributed by atoms with E-state index in [0.29, 0.717) is 29.0 Å². The number of hydrogen-bond donors (Lipinski definition) is 5. The van der Waals surface area contributed by atoms with E-state index in [4.69, 9.17) is 10.9 Å². The van der Waals surface area contributed by atoms with Crippen LogP contribution in [0.5, 0.6) is 0 Å². The van der Waals surface area contributed by atoms with Crippen LogP contribution in [-0.4, -0.2) is 38.7 Å². The quantitative estimate of drug-likeness (QED) is 0.235. The van der Waals surface area contributed by atoms with Gasteiger partial charge in [-0.25, -0.2) is 5.14 Å². The number of nitrogens with two attached hydrogens (primary N) is 2. The van der Waals surface area contributed by atoms with Crippen LogP contribution in [0.25, 0.3) is 0 Å². The largest absolute Gasteiger partial charge is 0.340 e. The average molecular weight is 578 g/mol. The molecule has 9 nitrogen and oxygen atoms in total. The molecule has 7 N–H and O–H groups in total. The summed E-state index contributed by atoms with van der Waals surface area (Å²) in [7, 11) is -4.29. The molecule has 1 saturated heterocycles. The summed E-state index contributed by atoms with van der Waals surface area (Å²) >= 11 is 1.34. The van der Waals surface area contributed by atoms with Crippen LogP contribution in [0.15, 0.2) is 72.8 Å². The van der Waals surface area contributed by atoms with E-state index in [1.165, 1.54) is 11.3 Å². The van der Waals surface area contributed by atoms with E-state index < -0.39 is 40.2 Å². The van der Waals surface area contributed by atoms with Crippen LogP contribution in [-0.2, 0) is 26.3 Å². The second kappa shape index (κ2) is 13.4. The van der Waals surface area contributed by atoms with Gasteiger partial charge in [0.15, 0.2) is 5.78 Å². The van der Waals surface area contributed by atoms with E-state index in [9.17, 15) is 18.0 Å². The third-order valence-corrected chi connectivity index (χ3v) is 8.12. The van der Waals surface area contributed by atoms with Crippen LogP contribution in [0.3, 0.4) is 0 Å². The number of thiophene rings is 1. The van der Waals surface area contributed by atoms with E-state index in [-0.39, 0.29) is 18.2 Å². The first-order valence-electron chi connectivity index (χ1n) is 12.0. The van der Waals surface area contributed by atoms with Gasteiger partial charge in [-0.3, -0.25) is 9.59 Å². The number of carbonyl (C=O) groups excluding carboxylic acids is 2. The number of rotatable bonds is 11. The van der Waals surface area contributed by atoms with E-state index in [0.717, 1.165) is 17.8 Å². The van der Waals surface area contributed by atoms with Crippen molar-refractivity contribution >= 4 is 45.6 Å². The zero-order chi connectivity index (χ0) is 26.4. The summed E-state index contributed by atoms with van der Waals surface area (Å²) in [4.78, 5) is 28.9. The Bertz CT molecular complexity index is 1280. The molecule has 2 aromatic carbocycles. The topological polar surface area (TPSA) is 156 Å². The summed E-state index contributed by atoms with van der Waals surface area (Å²) in [6.45, 7) is 1.02.